The second-order valence-electron chi connectivity index (χ2n) is 8.58. The van der Waals surface area contributed by atoms with Crippen LogP contribution in [0, 0.1) is 17.8 Å². The summed E-state index contributed by atoms with van der Waals surface area (Å²) < 4.78 is 5.40. The number of rotatable bonds is 13. The molecule has 0 unspecified atom stereocenters. The van der Waals surface area contributed by atoms with Crippen LogP contribution in [0.4, 0.5) is 0 Å². The van der Waals surface area contributed by atoms with Crippen molar-refractivity contribution in [3.05, 3.63) is 0 Å². The van der Waals surface area contributed by atoms with Gasteiger partial charge in [0.2, 0.25) is 17.7 Å². The highest BCUT2D eigenvalue weighted by molar-refractivity contribution is 5.83. The molecule has 0 atom stereocenters. The number of nitrogens with one attached hydrogen (secondary N) is 3. The van der Waals surface area contributed by atoms with Gasteiger partial charge in [-0.25, -0.2) is 0 Å². The van der Waals surface area contributed by atoms with E-state index in [-0.39, 0.29) is 54.4 Å². The van der Waals surface area contributed by atoms with E-state index in [0.717, 1.165) is 25.7 Å². The fraction of sp³-hybridized carbons (Fsp3) is 0.818. The minimum atomic E-state index is -0.146. The van der Waals surface area contributed by atoms with E-state index in [1.165, 1.54) is 0 Å². The Morgan fingerprint density at radius 2 is 1.47 bits per heavy atom. The Bertz CT molecular complexity index is 569. The van der Waals surface area contributed by atoms with Crippen LogP contribution < -0.4 is 16.0 Å². The van der Waals surface area contributed by atoms with Crippen LogP contribution in [0.3, 0.4) is 0 Å². The van der Waals surface area contributed by atoms with E-state index in [2.05, 4.69) is 16.0 Å². The van der Waals surface area contributed by atoms with Crippen LogP contribution >= 0.6 is 0 Å². The average molecular weight is 426 g/mol. The van der Waals surface area contributed by atoms with Gasteiger partial charge in [0, 0.05) is 49.7 Å². The summed E-state index contributed by atoms with van der Waals surface area (Å²) in [6.07, 6.45) is 3.89. The average Bonchev–Trinajstić information content (AvgIpc) is 2.70. The lowest BCUT2D eigenvalue weighted by molar-refractivity contribution is -0.127. The van der Waals surface area contributed by atoms with E-state index in [1.807, 2.05) is 13.8 Å². The van der Waals surface area contributed by atoms with Gasteiger partial charge >= 0.3 is 0 Å². The predicted molar refractivity (Wildman–Crippen MR) is 115 cm³/mol. The summed E-state index contributed by atoms with van der Waals surface area (Å²) in [5.74, 6) is 0.201. The Morgan fingerprint density at radius 1 is 0.800 bits per heavy atom. The second-order valence-corrected chi connectivity index (χ2v) is 8.58. The molecule has 1 aliphatic carbocycles. The van der Waals surface area contributed by atoms with Crippen molar-refractivity contribution in [1.82, 2.24) is 16.0 Å². The molecule has 8 heteroatoms. The molecule has 0 aliphatic heterocycles. The van der Waals surface area contributed by atoms with Crippen LogP contribution in [0.5, 0.6) is 0 Å². The number of Topliss-reactive ketones (excluding diaryl/α,β-unsaturated/α-hetero) is 1. The maximum Gasteiger partial charge on any atom is 0.222 e. The highest BCUT2D eigenvalue weighted by atomic mass is 16.5. The molecule has 0 aromatic carbocycles. The highest BCUT2D eigenvalue weighted by Crippen LogP contribution is 2.27. The first kappa shape index (κ1) is 26.1. The molecular formula is C22H39N3O5. The lowest BCUT2D eigenvalue weighted by atomic mass is 9.80. The highest BCUT2D eigenvalue weighted by Gasteiger charge is 2.28. The molecule has 30 heavy (non-hydrogen) atoms. The molecule has 0 radical (unpaired) electrons. The van der Waals surface area contributed by atoms with Gasteiger partial charge in [0.1, 0.15) is 5.78 Å². The second kappa shape index (κ2) is 14.1. The molecule has 0 aromatic rings. The van der Waals surface area contributed by atoms with Crippen LogP contribution in [-0.4, -0.2) is 55.8 Å². The van der Waals surface area contributed by atoms with Crippen molar-refractivity contribution >= 4 is 23.5 Å². The summed E-state index contributed by atoms with van der Waals surface area (Å²) in [4.78, 5) is 47.1. The zero-order valence-corrected chi connectivity index (χ0v) is 18.9. The lowest BCUT2D eigenvalue weighted by Gasteiger charge is -2.29. The Balaban J connectivity index is 2.02. The Hall–Kier alpha value is -1.96. The quantitative estimate of drug-likeness (QED) is 0.388. The first-order valence-corrected chi connectivity index (χ1v) is 11.2. The first-order valence-electron chi connectivity index (χ1n) is 11.2. The summed E-state index contributed by atoms with van der Waals surface area (Å²) >= 11 is 0. The zero-order valence-electron chi connectivity index (χ0n) is 18.9. The normalized spacial score (nSPS) is 18.9. The predicted octanol–water partition coefficient (Wildman–Crippen LogP) is 1.57. The number of hydrogen-bond acceptors (Lipinski definition) is 5. The van der Waals surface area contributed by atoms with Gasteiger partial charge in [-0.2, -0.15) is 0 Å². The molecule has 1 rings (SSSR count). The molecular weight excluding hydrogens is 386 g/mol. The van der Waals surface area contributed by atoms with Gasteiger partial charge in [0.15, 0.2) is 0 Å². The van der Waals surface area contributed by atoms with E-state index >= 15 is 0 Å². The summed E-state index contributed by atoms with van der Waals surface area (Å²) in [7, 11) is 0. The molecule has 0 aromatic heterocycles. The summed E-state index contributed by atoms with van der Waals surface area (Å²) in [5, 5.41) is 8.43. The third-order valence-electron chi connectivity index (χ3n) is 5.28. The summed E-state index contributed by atoms with van der Waals surface area (Å²) in [5.41, 5.74) is 0. The largest absolute Gasteiger partial charge is 0.379 e. The number of carbonyl (C=O) groups is 4. The fourth-order valence-electron chi connectivity index (χ4n) is 3.41. The van der Waals surface area contributed by atoms with Gasteiger partial charge in [-0.1, -0.05) is 27.7 Å². The molecule has 3 N–H and O–H groups in total. The van der Waals surface area contributed by atoms with E-state index in [1.54, 1.807) is 13.8 Å². The Labute approximate surface area is 180 Å². The molecule has 0 spiro atoms. The van der Waals surface area contributed by atoms with E-state index < -0.39 is 0 Å². The van der Waals surface area contributed by atoms with Crippen LogP contribution in [0.15, 0.2) is 0 Å². The van der Waals surface area contributed by atoms with Gasteiger partial charge < -0.3 is 20.7 Å². The maximum absolute atomic E-state index is 12.1. The van der Waals surface area contributed by atoms with Crippen molar-refractivity contribution < 1.29 is 23.9 Å². The van der Waals surface area contributed by atoms with Crippen molar-refractivity contribution in [2.75, 3.05) is 26.3 Å². The topological polar surface area (TPSA) is 114 Å². The molecule has 0 bridgehead atoms. The molecule has 0 saturated heterocycles. The van der Waals surface area contributed by atoms with Gasteiger partial charge in [-0.15, -0.1) is 0 Å². The Morgan fingerprint density at radius 3 is 2.07 bits per heavy atom. The van der Waals surface area contributed by atoms with Crippen molar-refractivity contribution in [2.24, 2.45) is 17.8 Å². The van der Waals surface area contributed by atoms with Gasteiger partial charge in [-0.05, 0) is 25.7 Å². The summed E-state index contributed by atoms with van der Waals surface area (Å²) in [6, 6.07) is 0.143. The minimum Gasteiger partial charge on any atom is -0.379 e. The molecule has 0 heterocycles. The summed E-state index contributed by atoms with van der Waals surface area (Å²) in [6.45, 7) is 8.79. The number of carbonyl (C=O) groups excluding carboxylic acids is 4. The van der Waals surface area contributed by atoms with Crippen molar-refractivity contribution in [2.45, 2.75) is 72.3 Å². The minimum absolute atomic E-state index is 0.0430. The lowest BCUT2D eigenvalue weighted by Crippen LogP contribution is -2.39. The third-order valence-corrected chi connectivity index (χ3v) is 5.28. The van der Waals surface area contributed by atoms with Crippen LogP contribution in [0.1, 0.15) is 66.2 Å². The van der Waals surface area contributed by atoms with Crippen molar-refractivity contribution in [1.29, 1.82) is 0 Å². The molecule has 172 valence electrons. The molecule has 1 fully saturated rings. The number of hydrogen-bond donors (Lipinski definition) is 3. The van der Waals surface area contributed by atoms with Gasteiger partial charge in [-0.3, -0.25) is 19.2 Å². The first-order chi connectivity index (χ1) is 14.2. The van der Waals surface area contributed by atoms with E-state index in [9.17, 15) is 19.2 Å². The fourth-order valence-corrected chi connectivity index (χ4v) is 3.41. The Kier molecular flexibility index (Phi) is 12.3. The van der Waals surface area contributed by atoms with Gasteiger partial charge in [0.05, 0.1) is 13.2 Å². The zero-order chi connectivity index (χ0) is 22.5. The van der Waals surface area contributed by atoms with Crippen molar-refractivity contribution in [3.63, 3.8) is 0 Å². The van der Waals surface area contributed by atoms with E-state index in [4.69, 9.17) is 4.74 Å². The molecule has 1 saturated carbocycles. The van der Waals surface area contributed by atoms with Gasteiger partial charge in [0.25, 0.3) is 0 Å². The van der Waals surface area contributed by atoms with Crippen LogP contribution in [0.2, 0.25) is 0 Å². The molecule has 8 nitrogen and oxygen atoms in total. The smallest absolute Gasteiger partial charge is 0.222 e. The standard InChI is InChI=1S/C22H39N3O5/c1-15(2)21(28)17-5-7-18(8-6-17)25-20(27)10-13-30-14-12-23-19(26)9-11-24-22(29)16(3)4/h15-18H,5-14H2,1-4H3,(H,23,26)(H,24,29)(H,25,27)/t17-,18+. The molecule has 3 amide bonds. The van der Waals surface area contributed by atoms with Crippen molar-refractivity contribution in [3.8, 4) is 0 Å². The van der Waals surface area contributed by atoms with E-state index in [0.29, 0.717) is 32.1 Å². The SMILES string of the molecule is CC(C)C(=O)NCCC(=O)NCCOCCC(=O)N[C@H]1CC[C@@H](C(=O)C(C)C)CC1. The number of ether oxygens (including phenoxy) is 1. The molecule has 1 aliphatic rings. The van der Waals surface area contributed by atoms with Crippen LogP contribution in [0.25, 0.3) is 0 Å². The maximum atomic E-state index is 12.1. The monoisotopic (exact) mass is 425 g/mol. The number of amides is 3. The number of ketones is 1. The van der Waals surface area contributed by atoms with Crippen LogP contribution in [-0.2, 0) is 23.9 Å². The third kappa shape index (κ3) is 10.7.